The first kappa shape index (κ1) is 13.8. The number of nitrogens with zero attached hydrogens (tertiary/aromatic N) is 2. The van der Waals surface area contributed by atoms with Crippen LogP contribution in [-0.2, 0) is 6.54 Å². The summed E-state index contributed by atoms with van der Waals surface area (Å²) in [6.07, 6.45) is 0. The predicted octanol–water partition coefficient (Wildman–Crippen LogP) is 3.64. The molecule has 2 aromatic carbocycles. The average molecular weight is 281 g/mol. The van der Waals surface area contributed by atoms with Crippen molar-refractivity contribution < 1.29 is 4.52 Å². The minimum atomic E-state index is 0.602. The Hall–Kier alpha value is -2.20. The SMILES string of the molecule is CC(C)CNCc1nc(-c2cccc3ccccc23)no1. The first-order valence-corrected chi connectivity index (χ1v) is 7.25. The Balaban J connectivity index is 1.85. The lowest BCUT2D eigenvalue weighted by atomic mass is 10.0. The molecule has 0 saturated carbocycles. The van der Waals surface area contributed by atoms with Gasteiger partial charge in [0.2, 0.25) is 11.7 Å². The number of hydrogen-bond acceptors (Lipinski definition) is 4. The second-order valence-electron chi connectivity index (χ2n) is 5.56. The first-order chi connectivity index (χ1) is 10.2. The topological polar surface area (TPSA) is 51.0 Å². The second-order valence-corrected chi connectivity index (χ2v) is 5.56. The quantitative estimate of drug-likeness (QED) is 0.775. The third kappa shape index (κ3) is 3.11. The molecule has 0 radical (unpaired) electrons. The van der Waals surface area contributed by atoms with E-state index in [1.807, 2.05) is 24.3 Å². The van der Waals surface area contributed by atoms with Crippen LogP contribution >= 0.6 is 0 Å². The monoisotopic (exact) mass is 281 g/mol. The van der Waals surface area contributed by atoms with E-state index in [-0.39, 0.29) is 0 Å². The van der Waals surface area contributed by atoms with Crippen LogP contribution in [0.5, 0.6) is 0 Å². The lowest BCUT2D eigenvalue weighted by Gasteiger charge is -2.03. The van der Waals surface area contributed by atoms with Gasteiger partial charge in [0.05, 0.1) is 6.54 Å². The van der Waals surface area contributed by atoms with E-state index in [0.29, 0.717) is 24.2 Å². The van der Waals surface area contributed by atoms with E-state index in [2.05, 4.69) is 47.5 Å². The van der Waals surface area contributed by atoms with Crippen molar-refractivity contribution in [3.63, 3.8) is 0 Å². The highest BCUT2D eigenvalue weighted by molar-refractivity contribution is 5.94. The Kier molecular flexibility index (Phi) is 3.97. The van der Waals surface area contributed by atoms with Crippen molar-refractivity contribution in [1.29, 1.82) is 0 Å². The average Bonchev–Trinajstić information content (AvgIpc) is 2.95. The number of hydrogen-bond donors (Lipinski definition) is 1. The van der Waals surface area contributed by atoms with Gasteiger partial charge in [-0.2, -0.15) is 4.98 Å². The normalized spacial score (nSPS) is 11.4. The molecular formula is C17H19N3O. The molecule has 3 rings (SSSR count). The van der Waals surface area contributed by atoms with Crippen LogP contribution in [-0.4, -0.2) is 16.7 Å². The highest BCUT2D eigenvalue weighted by atomic mass is 16.5. The van der Waals surface area contributed by atoms with Crippen LogP contribution in [0, 0.1) is 5.92 Å². The molecular weight excluding hydrogens is 262 g/mol. The van der Waals surface area contributed by atoms with Gasteiger partial charge in [-0.05, 0) is 23.2 Å². The fourth-order valence-corrected chi connectivity index (χ4v) is 2.32. The van der Waals surface area contributed by atoms with E-state index < -0.39 is 0 Å². The molecule has 0 atom stereocenters. The number of rotatable bonds is 5. The zero-order chi connectivity index (χ0) is 14.7. The maximum absolute atomic E-state index is 5.33. The van der Waals surface area contributed by atoms with E-state index in [0.717, 1.165) is 17.5 Å². The Morgan fingerprint density at radius 2 is 1.90 bits per heavy atom. The van der Waals surface area contributed by atoms with Crippen molar-refractivity contribution in [2.75, 3.05) is 6.54 Å². The summed E-state index contributed by atoms with van der Waals surface area (Å²) < 4.78 is 5.33. The van der Waals surface area contributed by atoms with Gasteiger partial charge in [-0.3, -0.25) is 0 Å². The van der Waals surface area contributed by atoms with Gasteiger partial charge in [0.25, 0.3) is 0 Å². The van der Waals surface area contributed by atoms with Crippen LogP contribution in [0.1, 0.15) is 19.7 Å². The minimum absolute atomic E-state index is 0.602. The van der Waals surface area contributed by atoms with Crippen LogP contribution < -0.4 is 5.32 Å². The van der Waals surface area contributed by atoms with E-state index in [1.165, 1.54) is 5.39 Å². The van der Waals surface area contributed by atoms with Crippen LogP contribution in [0.4, 0.5) is 0 Å². The Morgan fingerprint density at radius 3 is 2.76 bits per heavy atom. The molecule has 0 aliphatic carbocycles. The minimum Gasteiger partial charge on any atom is -0.338 e. The molecule has 21 heavy (non-hydrogen) atoms. The molecule has 1 N–H and O–H groups in total. The van der Waals surface area contributed by atoms with Crippen molar-refractivity contribution in [3.8, 4) is 11.4 Å². The molecule has 0 aliphatic heterocycles. The molecule has 0 saturated heterocycles. The first-order valence-electron chi connectivity index (χ1n) is 7.25. The van der Waals surface area contributed by atoms with Gasteiger partial charge in [0.1, 0.15) is 0 Å². The van der Waals surface area contributed by atoms with Crippen LogP contribution in [0.25, 0.3) is 22.2 Å². The number of benzene rings is 2. The summed E-state index contributed by atoms with van der Waals surface area (Å²) in [5, 5.41) is 9.74. The smallest absolute Gasteiger partial charge is 0.240 e. The summed E-state index contributed by atoms with van der Waals surface area (Å²) in [4.78, 5) is 4.49. The van der Waals surface area contributed by atoms with Gasteiger partial charge in [-0.1, -0.05) is 61.5 Å². The van der Waals surface area contributed by atoms with Crippen molar-refractivity contribution in [2.45, 2.75) is 20.4 Å². The largest absolute Gasteiger partial charge is 0.338 e. The summed E-state index contributed by atoms with van der Waals surface area (Å²) in [6, 6.07) is 14.4. The molecule has 0 spiro atoms. The van der Waals surface area contributed by atoms with Gasteiger partial charge in [-0.15, -0.1) is 0 Å². The van der Waals surface area contributed by atoms with Crippen LogP contribution in [0.15, 0.2) is 47.0 Å². The second kappa shape index (κ2) is 6.06. The third-order valence-electron chi connectivity index (χ3n) is 3.33. The molecule has 0 bridgehead atoms. The van der Waals surface area contributed by atoms with Gasteiger partial charge < -0.3 is 9.84 Å². The zero-order valence-corrected chi connectivity index (χ0v) is 12.3. The van der Waals surface area contributed by atoms with Crippen molar-refractivity contribution in [1.82, 2.24) is 15.5 Å². The fraction of sp³-hybridized carbons (Fsp3) is 0.294. The summed E-state index contributed by atoms with van der Waals surface area (Å²) in [6.45, 7) is 5.88. The van der Waals surface area contributed by atoms with Gasteiger partial charge in [0.15, 0.2) is 0 Å². The Labute approximate surface area is 124 Å². The lowest BCUT2D eigenvalue weighted by molar-refractivity contribution is 0.364. The molecule has 108 valence electrons. The molecule has 0 unspecified atom stereocenters. The Bertz CT molecular complexity index is 728. The predicted molar refractivity (Wildman–Crippen MR) is 83.8 cm³/mol. The van der Waals surface area contributed by atoms with E-state index in [1.54, 1.807) is 0 Å². The number of nitrogens with one attached hydrogen (secondary N) is 1. The summed E-state index contributed by atoms with van der Waals surface area (Å²) in [5.41, 5.74) is 1.01. The van der Waals surface area contributed by atoms with Gasteiger partial charge in [-0.25, -0.2) is 0 Å². The van der Waals surface area contributed by atoms with E-state index in [9.17, 15) is 0 Å². The molecule has 1 heterocycles. The van der Waals surface area contributed by atoms with Crippen molar-refractivity contribution in [3.05, 3.63) is 48.4 Å². The zero-order valence-electron chi connectivity index (χ0n) is 12.3. The lowest BCUT2D eigenvalue weighted by Crippen LogP contribution is -2.19. The standard InChI is InChI=1S/C17H19N3O/c1-12(2)10-18-11-16-19-17(20-21-16)15-9-5-7-13-6-3-4-8-14(13)15/h3-9,12,18H,10-11H2,1-2H3. The van der Waals surface area contributed by atoms with E-state index >= 15 is 0 Å². The van der Waals surface area contributed by atoms with Gasteiger partial charge in [0, 0.05) is 5.56 Å². The fourth-order valence-electron chi connectivity index (χ4n) is 2.32. The highest BCUT2D eigenvalue weighted by Crippen LogP contribution is 2.26. The summed E-state index contributed by atoms with van der Waals surface area (Å²) >= 11 is 0. The van der Waals surface area contributed by atoms with Crippen LogP contribution in [0.3, 0.4) is 0 Å². The summed E-state index contributed by atoms with van der Waals surface area (Å²) in [5.74, 6) is 1.87. The number of fused-ring (bicyclic) bond motifs is 1. The maximum Gasteiger partial charge on any atom is 0.240 e. The van der Waals surface area contributed by atoms with E-state index in [4.69, 9.17) is 4.52 Å². The molecule has 4 nitrogen and oxygen atoms in total. The summed E-state index contributed by atoms with van der Waals surface area (Å²) in [7, 11) is 0. The molecule has 3 aromatic rings. The van der Waals surface area contributed by atoms with Crippen molar-refractivity contribution >= 4 is 10.8 Å². The van der Waals surface area contributed by atoms with Crippen molar-refractivity contribution in [2.24, 2.45) is 5.92 Å². The molecule has 0 aliphatic rings. The molecule has 4 heteroatoms. The molecule has 1 aromatic heterocycles. The maximum atomic E-state index is 5.33. The molecule has 0 fully saturated rings. The number of aromatic nitrogens is 2. The highest BCUT2D eigenvalue weighted by Gasteiger charge is 2.11. The van der Waals surface area contributed by atoms with Gasteiger partial charge >= 0.3 is 0 Å². The third-order valence-corrected chi connectivity index (χ3v) is 3.33. The van der Waals surface area contributed by atoms with Crippen LogP contribution in [0.2, 0.25) is 0 Å². The molecule has 0 amide bonds. The Morgan fingerprint density at radius 1 is 1.10 bits per heavy atom.